The van der Waals surface area contributed by atoms with E-state index in [1.54, 1.807) is 0 Å². The predicted octanol–water partition coefficient (Wildman–Crippen LogP) is 7.00. The molecule has 0 saturated carbocycles. The summed E-state index contributed by atoms with van der Waals surface area (Å²) in [6, 6.07) is 0. The second-order valence-electron chi connectivity index (χ2n) is 8.42. The molecule has 0 aliphatic heterocycles. The van der Waals surface area contributed by atoms with E-state index in [2.05, 4.69) is 84.6 Å². The maximum absolute atomic E-state index is 2.94. The van der Waals surface area contributed by atoms with E-state index < -0.39 is 16.5 Å². The third kappa shape index (κ3) is 4.99. The van der Waals surface area contributed by atoms with Gasteiger partial charge < -0.3 is 4.23 Å². The molecule has 0 atom stereocenters. The highest BCUT2D eigenvalue weighted by Crippen LogP contribution is 2.46. The Morgan fingerprint density at radius 3 is 1.57 bits per heavy atom. The molecular formula is C18H41NSi2. The van der Waals surface area contributed by atoms with Gasteiger partial charge in [0, 0.05) is 0 Å². The molecule has 21 heavy (non-hydrogen) atoms. The summed E-state index contributed by atoms with van der Waals surface area (Å²) in [5.41, 5.74) is 2.38. The van der Waals surface area contributed by atoms with Gasteiger partial charge in [0.2, 0.25) is 0 Å². The number of unbranched alkanes of at least 4 members (excludes halogenated alkanes) is 2. The minimum Gasteiger partial charge on any atom is -0.430 e. The fourth-order valence-corrected chi connectivity index (χ4v) is 17.8. The molecule has 0 heterocycles. The summed E-state index contributed by atoms with van der Waals surface area (Å²) in [6.45, 7) is 24.7. The highest BCUT2D eigenvalue weighted by Gasteiger charge is 2.50. The summed E-state index contributed by atoms with van der Waals surface area (Å²) in [4.78, 5) is 0. The van der Waals surface area contributed by atoms with Crippen molar-refractivity contribution in [3.63, 3.8) is 0 Å². The smallest absolute Gasteiger partial charge is 0.155 e. The van der Waals surface area contributed by atoms with Crippen LogP contribution < -0.4 is 0 Å². The van der Waals surface area contributed by atoms with Crippen molar-refractivity contribution in [3.8, 4) is 0 Å². The van der Waals surface area contributed by atoms with Crippen molar-refractivity contribution in [1.29, 1.82) is 0 Å². The van der Waals surface area contributed by atoms with E-state index in [1.807, 2.05) is 0 Å². The van der Waals surface area contributed by atoms with E-state index in [1.165, 1.54) is 19.3 Å². The molecule has 0 bridgehead atoms. The van der Waals surface area contributed by atoms with E-state index in [9.17, 15) is 0 Å². The monoisotopic (exact) mass is 327 g/mol. The molecule has 0 aliphatic rings. The average molecular weight is 328 g/mol. The zero-order valence-electron chi connectivity index (χ0n) is 16.5. The Morgan fingerprint density at radius 1 is 0.857 bits per heavy atom. The standard InChI is InChI=1S/C18H41NSi2/c1-11-12-13-14-15-19(20(8,9)10)21(16(2)3,17(4)5)18(6)7/h14-18H,11-13H2,1-10H3. The SMILES string of the molecule is CCCCC=CN([Si](C)(C)C)[Si](C(C)C)(C(C)C)C(C)C. The highest BCUT2D eigenvalue weighted by atomic mass is 28.4. The predicted molar refractivity (Wildman–Crippen MR) is 105 cm³/mol. The highest BCUT2D eigenvalue weighted by molar-refractivity contribution is 6.93. The summed E-state index contributed by atoms with van der Waals surface area (Å²) in [7, 11) is -2.91. The molecule has 0 aromatic heterocycles. The van der Waals surface area contributed by atoms with E-state index >= 15 is 0 Å². The van der Waals surface area contributed by atoms with Gasteiger partial charge in [0.25, 0.3) is 0 Å². The molecule has 0 N–H and O–H groups in total. The van der Waals surface area contributed by atoms with Crippen LogP contribution in [0.1, 0.15) is 67.7 Å². The Bertz CT molecular complexity index is 292. The minimum absolute atomic E-state index is 0.792. The molecule has 0 amide bonds. The summed E-state index contributed by atoms with van der Waals surface area (Å²) < 4.78 is 2.94. The van der Waals surface area contributed by atoms with Gasteiger partial charge in [-0.3, -0.25) is 0 Å². The van der Waals surface area contributed by atoms with Gasteiger partial charge in [-0.05, 0) is 29.2 Å². The fraction of sp³-hybridized carbons (Fsp3) is 0.889. The second kappa shape index (κ2) is 8.57. The van der Waals surface area contributed by atoms with Crippen LogP contribution in [0.2, 0.25) is 36.3 Å². The van der Waals surface area contributed by atoms with Crippen LogP contribution in [0.4, 0.5) is 0 Å². The molecule has 0 aromatic rings. The minimum atomic E-state index is -1.54. The lowest BCUT2D eigenvalue weighted by molar-refractivity contribution is 0.659. The summed E-state index contributed by atoms with van der Waals surface area (Å²) in [5, 5.41) is 0. The topological polar surface area (TPSA) is 3.24 Å². The van der Waals surface area contributed by atoms with Crippen molar-refractivity contribution in [1.82, 2.24) is 4.23 Å². The van der Waals surface area contributed by atoms with Gasteiger partial charge in [0.1, 0.15) is 8.24 Å². The molecule has 126 valence electrons. The first kappa shape index (κ1) is 21.0. The summed E-state index contributed by atoms with van der Waals surface area (Å²) in [6.07, 6.45) is 8.81. The maximum atomic E-state index is 2.94. The lowest BCUT2D eigenvalue weighted by Crippen LogP contribution is -2.65. The molecule has 0 aromatic carbocycles. The van der Waals surface area contributed by atoms with Crippen molar-refractivity contribution in [3.05, 3.63) is 12.3 Å². The molecule has 3 heteroatoms. The number of allylic oxidation sites excluding steroid dienone is 1. The van der Waals surface area contributed by atoms with Gasteiger partial charge in [0.15, 0.2) is 8.24 Å². The fourth-order valence-electron chi connectivity index (χ4n) is 4.27. The molecule has 0 radical (unpaired) electrons. The van der Waals surface area contributed by atoms with Gasteiger partial charge >= 0.3 is 0 Å². The third-order valence-corrected chi connectivity index (χ3v) is 16.2. The quantitative estimate of drug-likeness (QED) is 0.325. The van der Waals surface area contributed by atoms with Gasteiger partial charge in [-0.15, -0.1) is 0 Å². The lowest BCUT2D eigenvalue weighted by atomic mass is 10.2. The first-order chi connectivity index (χ1) is 9.52. The first-order valence-corrected chi connectivity index (χ1v) is 14.6. The van der Waals surface area contributed by atoms with Crippen LogP contribution in [0.5, 0.6) is 0 Å². The van der Waals surface area contributed by atoms with E-state index in [0.717, 1.165) is 16.6 Å². The number of hydrogen-bond acceptors (Lipinski definition) is 1. The van der Waals surface area contributed by atoms with Crippen molar-refractivity contribution in [2.45, 2.75) is 104 Å². The van der Waals surface area contributed by atoms with Crippen LogP contribution in [0.3, 0.4) is 0 Å². The van der Waals surface area contributed by atoms with Gasteiger partial charge in [-0.2, -0.15) is 0 Å². The Hall–Kier alpha value is -0.0262. The van der Waals surface area contributed by atoms with E-state index in [-0.39, 0.29) is 0 Å². The van der Waals surface area contributed by atoms with Crippen molar-refractivity contribution >= 4 is 16.5 Å². The number of rotatable bonds is 9. The molecule has 0 rings (SSSR count). The zero-order chi connectivity index (χ0) is 16.8. The zero-order valence-corrected chi connectivity index (χ0v) is 18.5. The van der Waals surface area contributed by atoms with Crippen LogP contribution >= 0.6 is 0 Å². The van der Waals surface area contributed by atoms with E-state index in [0.29, 0.717) is 0 Å². The van der Waals surface area contributed by atoms with Gasteiger partial charge in [-0.25, -0.2) is 0 Å². The summed E-state index contributed by atoms with van der Waals surface area (Å²) >= 11 is 0. The van der Waals surface area contributed by atoms with Crippen molar-refractivity contribution in [2.75, 3.05) is 0 Å². The Morgan fingerprint density at radius 2 is 1.29 bits per heavy atom. The molecule has 0 spiro atoms. The molecule has 0 unspecified atom stereocenters. The Labute approximate surface area is 137 Å². The maximum Gasteiger partial charge on any atom is 0.155 e. The third-order valence-electron chi connectivity index (χ3n) is 4.89. The second-order valence-corrected chi connectivity index (χ2v) is 19.4. The largest absolute Gasteiger partial charge is 0.430 e. The Kier molecular flexibility index (Phi) is 8.55. The number of hydrogen-bond donors (Lipinski definition) is 0. The van der Waals surface area contributed by atoms with Crippen LogP contribution in [-0.4, -0.2) is 20.7 Å². The van der Waals surface area contributed by atoms with Gasteiger partial charge in [0.05, 0.1) is 0 Å². The van der Waals surface area contributed by atoms with Crippen molar-refractivity contribution < 1.29 is 0 Å². The van der Waals surface area contributed by atoms with Crippen LogP contribution in [0, 0.1) is 0 Å². The van der Waals surface area contributed by atoms with Crippen molar-refractivity contribution in [2.24, 2.45) is 0 Å². The normalized spacial score (nSPS) is 14.0. The lowest BCUT2D eigenvalue weighted by Gasteiger charge is -2.56. The molecule has 0 aliphatic carbocycles. The van der Waals surface area contributed by atoms with E-state index in [4.69, 9.17) is 0 Å². The first-order valence-electron chi connectivity index (χ1n) is 8.98. The van der Waals surface area contributed by atoms with Crippen LogP contribution in [-0.2, 0) is 0 Å². The molecule has 1 nitrogen and oxygen atoms in total. The summed E-state index contributed by atoms with van der Waals surface area (Å²) in [5.74, 6) is 0. The molecule has 0 saturated heterocycles. The number of nitrogens with zero attached hydrogens (tertiary/aromatic N) is 1. The van der Waals surface area contributed by atoms with Crippen LogP contribution in [0.25, 0.3) is 0 Å². The van der Waals surface area contributed by atoms with Gasteiger partial charge in [-0.1, -0.05) is 87.0 Å². The Balaban J connectivity index is 5.76. The molecular weight excluding hydrogens is 286 g/mol. The van der Waals surface area contributed by atoms with Crippen LogP contribution in [0.15, 0.2) is 12.3 Å². The molecule has 0 fully saturated rings. The average Bonchev–Trinajstić information content (AvgIpc) is 2.30.